The van der Waals surface area contributed by atoms with Gasteiger partial charge in [-0.25, -0.2) is 13.1 Å². The summed E-state index contributed by atoms with van der Waals surface area (Å²) in [5.74, 6) is -0.850. The second-order valence-corrected chi connectivity index (χ2v) is 10.2. The van der Waals surface area contributed by atoms with Crippen molar-refractivity contribution < 1.29 is 18.3 Å². The van der Waals surface area contributed by atoms with E-state index >= 15 is 0 Å². The fourth-order valence-electron chi connectivity index (χ4n) is 4.54. The van der Waals surface area contributed by atoms with Crippen molar-refractivity contribution in [1.29, 1.82) is 0 Å². The number of pyridine rings is 1. The first-order chi connectivity index (χ1) is 14.9. The van der Waals surface area contributed by atoms with Gasteiger partial charge in [0.15, 0.2) is 0 Å². The maximum atomic E-state index is 13.1. The molecule has 4 rings (SSSR count). The molecule has 7 heteroatoms. The minimum atomic E-state index is -3.70. The Labute approximate surface area is 182 Å². The molecule has 31 heavy (non-hydrogen) atoms. The van der Waals surface area contributed by atoms with Gasteiger partial charge in [0.2, 0.25) is 10.0 Å². The molecule has 1 aromatic heterocycles. The van der Waals surface area contributed by atoms with Gasteiger partial charge in [0.05, 0.1) is 11.9 Å². The average molecular weight is 439 g/mol. The lowest BCUT2D eigenvalue weighted by molar-refractivity contribution is -0.136. The summed E-state index contributed by atoms with van der Waals surface area (Å²) in [4.78, 5) is 15.4. The first-order valence-electron chi connectivity index (χ1n) is 10.5. The first-order valence-corrected chi connectivity index (χ1v) is 12.0. The number of para-hydroxylation sites is 1. The minimum Gasteiger partial charge on any atom is -0.481 e. The summed E-state index contributed by atoms with van der Waals surface area (Å²) >= 11 is 0. The van der Waals surface area contributed by atoms with E-state index in [1.165, 1.54) is 0 Å². The molecule has 162 valence electrons. The van der Waals surface area contributed by atoms with E-state index in [-0.39, 0.29) is 16.7 Å². The molecule has 6 nitrogen and oxygen atoms in total. The van der Waals surface area contributed by atoms with Crippen LogP contribution in [0.2, 0.25) is 0 Å². The summed E-state index contributed by atoms with van der Waals surface area (Å²) in [5.41, 5.74) is 2.20. The molecule has 0 atom stereocenters. The van der Waals surface area contributed by atoms with Gasteiger partial charge in [0.1, 0.15) is 4.90 Å². The molecule has 1 fully saturated rings. The van der Waals surface area contributed by atoms with E-state index in [9.17, 15) is 13.2 Å². The van der Waals surface area contributed by atoms with Crippen LogP contribution < -0.4 is 4.72 Å². The summed E-state index contributed by atoms with van der Waals surface area (Å²) in [7, 11) is -3.70. The monoisotopic (exact) mass is 438 g/mol. The Bertz CT molecular complexity index is 1180. The lowest BCUT2D eigenvalue weighted by Gasteiger charge is -2.29. The molecule has 0 spiro atoms. The van der Waals surface area contributed by atoms with Gasteiger partial charge >= 0.3 is 5.97 Å². The van der Waals surface area contributed by atoms with Crippen molar-refractivity contribution in [3.8, 4) is 0 Å². The zero-order chi connectivity index (χ0) is 21.9. The van der Waals surface area contributed by atoms with Crippen molar-refractivity contribution in [2.24, 2.45) is 5.41 Å². The number of carbonyl (C=O) groups is 1. The molecule has 1 aliphatic rings. The Morgan fingerprint density at radius 3 is 2.39 bits per heavy atom. The molecule has 1 heterocycles. The number of carboxylic acid groups (broad SMARTS) is 1. The van der Waals surface area contributed by atoms with Crippen molar-refractivity contribution in [2.75, 3.05) is 6.54 Å². The molecule has 1 aliphatic carbocycles. The number of aromatic nitrogens is 1. The molecule has 1 saturated carbocycles. The fraction of sp³-hybridized carbons (Fsp3) is 0.333. The Balaban J connectivity index is 1.52. The summed E-state index contributed by atoms with van der Waals surface area (Å²) < 4.78 is 29.1. The molecule has 2 aromatic carbocycles. The van der Waals surface area contributed by atoms with Crippen LogP contribution in [0.3, 0.4) is 0 Å². The molecule has 3 aromatic rings. The lowest BCUT2D eigenvalue weighted by atomic mass is 9.80. The first kappa shape index (κ1) is 21.5. The highest BCUT2D eigenvalue weighted by molar-refractivity contribution is 7.89. The second kappa shape index (κ2) is 8.77. The molecule has 0 amide bonds. The third kappa shape index (κ3) is 4.94. The molecule has 0 saturated heterocycles. The van der Waals surface area contributed by atoms with E-state index in [1.807, 2.05) is 36.4 Å². The number of hydrogen-bond donors (Lipinski definition) is 2. The standard InChI is InChI=1S/C24H26N2O4S/c27-22(28)15-18-8-10-19(11-9-18)16-24(12-1-2-13-24)17-26-31(29,30)21-7-3-5-20-6-4-14-25-23(20)21/h3-11,14,26H,1-2,12-13,15-17H2,(H,27,28). The number of nitrogens with zero attached hydrogens (tertiary/aromatic N) is 1. The topological polar surface area (TPSA) is 96.4 Å². The summed E-state index contributed by atoms with van der Waals surface area (Å²) in [6.07, 6.45) is 6.44. The maximum Gasteiger partial charge on any atom is 0.307 e. The quantitative estimate of drug-likeness (QED) is 0.555. The van der Waals surface area contributed by atoms with Crippen molar-refractivity contribution in [3.63, 3.8) is 0 Å². The van der Waals surface area contributed by atoms with Crippen molar-refractivity contribution in [2.45, 2.75) is 43.4 Å². The Morgan fingerprint density at radius 1 is 1.00 bits per heavy atom. The van der Waals surface area contributed by atoms with Gasteiger partial charge in [-0.1, -0.05) is 55.3 Å². The van der Waals surface area contributed by atoms with Gasteiger partial charge in [-0.05, 0) is 47.9 Å². The van der Waals surface area contributed by atoms with E-state index in [2.05, 4.69) is 9.71 Å². The molecule has 0 bridgehead atoms. The van der Waals surface area contributed by atoms with Crippen molar-refractivity contribution in [1.82, 2.24) is 9.71 Å². The molecule has 0 radical (unpaired) electrons. The lowest BCUT2D eigenvalue weighted by Crippen LogP contribution is -2.37. The SMILES string of the molecule is O=C(O)Cc1ccc(CC2(CNS(=O)(=O)c3cccc4cccnc34)CCCC2)cc1. The summed E-state index contributed by atoms with van der Waals surface area (Å²) in [6, 6.07) is 16.4. The number of nitrogens with one attached hydrogen (secondary N) is 1. The van der Waals surface area contributed by atoms with Gasteiger partial charge < -0.3 is 5.11 Å². The molecule has 0 unspecified atom stereocenters. The number of sulfonamides is 1. The van der Waals surface area contributed by atoms with E-state index in [0.717, 1.165) is 48.6 Å². The maximum absolute atomic E-state index is 13.1. The minimum absolute atomic E-state index is 0.00426. The number of aliphatic carboxylic acids is 1. The Morgan fingerprint density at radius 2 is 1.68 bits per heavy atom. The van der Waals surface area contributed by atoms with Gasteiger partial charge in [0, 0.05) is 18.1 Å². The smallest absolute Gasteiger partial charge is 0.307 e. The van der Waals surface area contributed by atoms with E-state index in [1.54, 1.807) is 24.4 Å². The van der Waals surface area contributed by atoms with Gasteiger partial charge in [-0.2, -0.15) is 0 Å². The third-order valence-corrected chi connectivity index (χ3v) is 7.58. The van der Waals surface area contributed by atoms with Crippen LogP contribution >= 0.6 is 0 Å². The van der Waals surface area contributed by atoms with Crippen molar-refractivity contribution in [3.05, 3.63) is 71.9 Å². The van der Waals surface area contributed by atoms with Crippen molar-refractivity contribution >= 4 is 26.9 Å². The van der Waals surface area contributed by atoms with Gasteiger partial charge in [-0.15, -0.1) is 0 Å². The number of hydrogen-bond acceptors (Lipinski definition) is 4. The van der Waals surface area contributed by atoms with E-state index in [0.29, 0.717) is 12.1 Å². The highest BCUT2D eigenvalue weighted by Gasteiger charge is 2.35. The molecule has 2 N–H and O–H groups in total. The molecular formula is C24H26N2O4S. The van der Waals surface area contributed by atoms with Crippen LogP contribution in [0.25, 0.3) is 10.9 Å². The van der Waals surface area contributed by atoms with Gasteiger partial charge in [-0.3, -0.25) is 9.78 Å². The molecular weight excluding hydrogens is 412 g/mol. The number of benzene rings is 2. The highest BCUT2D eigenvalue weighted by Crippen LogP contribution is 2.41. The Hall–Kier alpha value is -2.77. The van der Waals surface area contributed by atoms with Crippen LogP contribution in [-0.2, 0) is 27.7 Å². The number of rotatable bonds is 8. The van der Waals surface area contributed by atoms with Crippen LogP contribution in [0, 0.1) is 5.41 Å². The van der Waals surface area contributed by atoms with Crippen LogP contribution in [0.4, 0.5) is 0 Å². The van der Waals surface area contributed by atoms with Crippen LogP contribution in [-0.4, -0.2) is 31.0 Å². The Kier molecular flexibility index (Phi) is 6.07. The fourth-order valence-corrected chi connectivity index (χ4v) is 5.88. The third-order valence-electron chi connectivity index (χ3n) is 6.14. The molecule has 0 aliphatic heterocycles. The van der Waals surface area contributed by atoms with E-state index < -0.39 is 16.0 Å². The van der Waals surface area contributed by atoms with Crippen LogP contribution in [0.1, 0.15) is 36.8 Å². The number of fused-ring (bicyclic) bond motifs is 1. The summed E-state index contributed by atoms with van der Waals surface area (Å²) in [5, 5.41) is 9.74. The number of carboxylic acids is 1. The largest absolute Gasteiger partial charge is 0.481 e. The average Bonchev–Trinajstić information content (AvgIpc) is 3.22. The van der Waals surface area contributed by atoms with Crippen LogP contribution in [0.5, 0.6) is 0 Å². The summed E-state index contributed by atoms with van der Waals surface area (Å²) in [6.45, 7) is 0.370. The van der Waals surface area contributed by atoms with E-state index in [4.69, 9.17) is 5.11 Å². The normalized spacial score (nSPS) is 15.9. The highest BCUT2D eigenvalue weighted by atomic mass is 32.2. The van der Waals surface area contributed by atoms with Gasteiger partial charge in [0.25, 0.3) is 0 Å². The van der Waals surface area contributed by atoms with Crippen LogP contribution in [0.15, 0.2) is 65.7 Å². The zero-order valence-electron chi connectivity index (χ0n) is 17.3. The predicted molar refractivity (Wildman–Crippen MR) is 119 cm³/mol. The predicted octanol–water partition coefficient (Wildman–Crippen LogP) is 3.94. The second-order valence-electron chi connectivity index (χ2n) is 8.43. The zero-order valence-corrected chi connectivity index (χ0v) is 18.1.